The first kappa shape index (κ1) is 30.8. The zero-order valence-corrected chi connectivity index (χ0v) is 19.1. The first-order valence-corrected chi connectivity index (χ1v) is 10.6. The number of carbonyl (C=O) groups is 2. The molecule has 1 saturated heterocycles. The predicted molar refractivity (Wildman–Crippen MR) is 114 cm³/mol. The number of nitrogens with zero attached hydrogens (tertiary/aromatic N) is 2. The van der Waals surface area contributed by atoms with Crippen molar-refractivity contribution >= 4 is 11.9 Å². The summed E-state index contributed by atoms with van der Waals surface area (Å²) in [5, 5.41) is 14.2. The zero-order valence-electron chi connectivity index (χ0n) is 19.1. The number of aryl methyl sites for hydroxylation is 1. The quantitative estimate of drug-likeness (QED) is 0.529. The lowest BCUT2D eigenvalue weighted by molar-refractivity contribution is -0.193. The van der Waals surface area contributed by atoms with Crippen LogP contribution >= 0.6 is 0 Å². The molecule has 0 saturated carbocycles. The molecule has 2 heterocycles. The molecular weight excluding hydrogens is 501 g/mol. The molecule has 1 aromatic heterocycles. The summed E-state index contributed by atoms with van der Waals surface area (Å²) in [6.45, 7) is 5.24. The highest BCUT2D eigenvalue weighted by atomic mass is 19.4. The topological polar surface area (TPSA) is 90.7 Å². The molecule has 36 heavy (non-hydrogen) atoms. The fraction of sp³-hybridized carbons (Fsp3) is 0.435. The molecule has 0 spiro atoms. The van der Waals surface area contributed by atoms with Crippen molar-refractivity contribution in [2.75, 3.05) is 13.1 Å². The van der Waals surface area contributed by atoms with Crippen molar-refractivity contribution < 1.29 is 50.5 Å². The van der Waals surface area contributed by atoms with Gasteiger partial charge < -0.3 is 10.2 Å². The van der Waals surface area contributed by atoms with Crippen LogP contribution in [0.15, 0.2) is 42.5 Å². The lowest BCUT2D eigenvalue weighted by Gasteiger charge is -2.31. The number of hydrogen-bond donors (Lipinski definition) is 2. The van der Waals surface area contributed by atoms with Gasteiger partial charge in [0.15, 0.2) is 0 Å². The van der Waals surface area contributed by atoms with Crippen LogP contribution < -0.4 is 0 Å². The van der Waals surface area contributed by atoms with E-state index < -0.39 is 24.3 Å². The van der Waals surface area contributed by atoms with Gasteiger partial charge in [-0.3, -0.25) is 9.88 Å². The number of piperidine rings is 1. The summed E-state index contributed by atoms with van der Waals surface area (Å²) in [6.07, 6.45) is -6.68. The third kappa shape index (κ3) is 12.5. The molecule has 1 aliphatic heterocycles. The molecule has 13 heteroatoms. The number of aliphatic carboxylic acids is 2. The van der Waals surface area contributed by atoms with E-state index in [1.165, 1.54) is 18.4 Å². The Balaban J connectivity index is 0.000000383. The molecule has 0 unspecified atom stereocenters. The van der Waals surface area contributed by atoms with Crippen LogP contribution in [0.4, 0.5) is 30.7 Å². The third-order valence-corrected chi connectivity index (χ3v) is 4.96. The van der Waals surface area contributed by atoms with E-state index in [9.17, 15) is 30.7 Å². The molecule has 1 aliphatic rings. The molecule has 3 rings (SSSR count). The van der Waals surface area contributed by atoms with E-state index in [1.54, 1.807) is 12.1 Å². The summed E-state index contributed by atoms with van der Waals surface area (Å²) >= 11 is 0. The van der Waals surface area contributed by atoms with Crippen LogP contribution in [-0.4, -0.2) is 57.5 Å². The van der Waals surface area contributed by atoms with Gasteiger partial charge >= 0.3 is 24.3 Å². The summed E-state index contributed by atoms with van der Waals surface area (Å²) in [4.78, 5) is 24.9. The minimum absolute atomic E-state index is 0.149. The van der Waals surface area contributed by atoms with Crippen molar-refractivity contribution in [3.05, 3.63) is 65.2 Å². The van der Waals surface area contributed by atoms with Gasteiger partial charge in [-0.05, 0) is 75.0 Å². The van der Waals surface area contributed by atoms with Crippen LogP contribution in [0.25, 0.3) is 0 Å². The van der Waals surface area contributed by atoms with Crippen molar-refractivity contribution in [2.24, 2.45) is 5.92 Å². The summed E-state index contributed by atoms with van der Waals surface area (Å²) in [7, 11) is 0. The number of hydrogen-bond acceptors (Lipinski definition) is 4. The maximum absolute atomic E-state index is 12.9. The van der Waals surface area contributed by atoms with Gasteiger partial charge in [-0.2, -0.15) is 26.3 Å². The average molecular weight is 526 g/mol. The number of benzene rings is 1. The van der Waals surface area contributed by atoms with Gasteiger partial charge in [0.2, 0.25) is 0 Å². The molecule has 1 fully saturated rings. The van der Waals surface area contributed by atoms with Gasteiger partial charge in [0.25, 0.3) is 0 Å². The predicted octanol–water partition coefficient (Wildman–Crippen LogP) is 5.25. The molecule has 6 nitrogen and oxygen atoms in total. The molecule has 2 aromatic rings. The normalized spacial score (nSPS) is 14.7. The van der Waals surface area contributed by atoms with Crippen molar-refractivity contribution in [1.82, 2.24) is 9.88 Å². The molecule has 2 N–H and O–H groups in total. The fourth-order valence-corrected chi connectivity index (χ4v) is 3.22. The molecule has 1 aromatic carbocycles. The second-order valence-electron chi connectivity index (χ2n) is 7.93. The third-order valence-electron chi connectivity index (χ3n) is 4.96. The Labute approximate surface area is 202 Å². The summed E-state index contributed by atoms with van der Waals surface area (Å²) in [5.41, 5.74) is 3.50. The Morgan fingerprint density at radius 1 is 0.917 bits per heavy atom. The molecular formula is C23H25F7N2O4. The van der Waals surface area contributed by atoms with Crippen molar-refractivity contribution in [1.29, 1.82) is 0 Å². The summed E-state index contributed by atoms with van der Waals surface area (Å²) in [6, 6.07) is 13.2. The lowest BCUT2D eigenvalue weighted by atomic mass is 9.90. The highest BCUT2D eigenvalue weighted by molar-refractivity contribution is 5.73. The first-order chi connectivity index (χ1) is 16.6. The van der Waals surface area contributed by atoms with Gasteiger partial charge in [0, 0.05) is 12.2 Å². The largest absolute Gasteiger partial charge is 0.490 e. The number of likely N-dealkylation sites (tertiary alicyclic amines) is 1. The second-order valence-corrected chi connectivity index (χ2v) is 7.93. The maximum Gasteiger partial charge on any atom is 0.490 e. The zero-order chi connectivity index (χ0) is 27.5. The highest BCUT2D eigenvalue weighted by Crippen LogP contribution is 2.23. The minimum atomic E-state index is -5.08. The molecule has 0 amide bonds. The van der Waals surface area contributed by atoms with E-state index in [0.717, 1.165) is 37.4 Å². The Kier molecular flexibility index (Phi) is 11.8. The Bertz CT molecular complexity index is 948. The molecule has 0 radical (unpaired) electrons. The van der Waals surface area contributed by atoms with Crippen molar-refractivity contribution in [2.45, 2.75) is 45.1 Å². The van der Waals surface area contributed by atoms with Crippen molar-refractivity contribution in [3.63, 3.8) is 0 Å². The second kappa shape index (κ2) is 13.8. The van der Waals surface area contributed by atoms with Crippen LogP contribution in [0.5, 0.6) is 0 Å². The van der Waals surface area contributed by atoms with Crippen LogP contribution in [0.2, 0.25) is 0 Å². The van der Waals surface area contributed by atoms with Crippen LogP contribution in [0, 0.1) is 18.7 Å². The van der Waals surface area contributed by atoms with E-state index in [2.05, 4.69) is 22.0 Å². The van der Waals surface area contributed by atoms with Gasteiger partial charge in [-0.1, -0.05) is 18.2 Å². The summed E-state index contributed by atoms with van der Waals surface area (Å²) < 4.78 is 76.4. The number of aromatic nitrogens is 1. The number of carboxylic acid groups (broad SMARTS) is 2. The number of alkyl halides is 6. The van der Waals surface area contributed by atoms with E-state index in [4.69, 9.17) is 19.8 Å². The first-order valence-electron chi connectivity index (χ1n) is 10.6. The van der Waals surface area contributed by atoms with E-state index in [-0.39, 0.29) is 5.82 Å². The van der Waals surface area contributed by atoms with Crippen LogP contribution in [-0.2, 0) is 22.6 Å². The Hall–Kier alpha value is -3.22. The standard InChI is InChI=1S/C19H23FN2.2C2HF3O2/c1-15-3-2-4-19(21-15)14-22-11-9-17(10-12-22)13-16-5-7-18(20)8-6-16;2*3-2(4,5)1(6)7/h2-8,17H,9-14H2,1H3;2*(H,6,7). The maximum atomic E-state index is 12.9. The average Bonchev–Trinajstić information content (AvgIpc) is 2.76. The number of rotatable bonds is 4. The fourth-order valence-electron chi connectivity index (χ4n) is 3.22. The van der Waals surface area contributed by atoms with Gasteiger partial charge in [-0.15, -0.1) is 0 Å². The van der Waals surface area contributed by atoms with Crippen LogP contribution in [0.1, 0.15) is 29.8 Å². The molecule has 0 atom stereocenters. The van der Waals surface area contributed by atoms with Crippen molar-refractivity contribution in [3.8, 4) is 0 Å². The smallest absolute Gasteiger partial charge is 0.475 e. The Morgan fingerprint density at radius 3 is 1.81 bits per heavy atom. The molecule has 200 valence electrons. The van der Waals surface area contributed by atoms with Gasteiger partial charge in [0.1, 0.15) is 5.82 Å². The highest BCUT2D eigenvalue weighted by Gasteiger charge is 2.38. The number of pyridine rings is 1. The van der Waals surface area contributed by atoms with E-state index in [0.29, 0.717) is 5.92 Å². The van der Waals surface area contributed by atoms with E-state index in [1.807, 2.05) is 25.1 Å². The van der Waals surface area contributed by atoms with Crippen LogP contribution in [0.3, 0.4) is 0 Å². The van der Waals surface area contributed by atoms with Gasteiger partial charge in [-0.25, -0.2) is 14.0 Å². The van der Waals surface area contributed by atoms with Gasteiger partial charge in [0.05, 0.1) is 5.69 Å². The number of halogens is 7. The lowest BCUT2D eigenvalue weighted by Crippen LogP contribution is -2.34. The van der Waals surface area contributed by atoms with E-state index >= 15 is 0 Å². The molecule has 0 aliphatic carbocycles. The monoisotopic (exact) mass is 526 g/mol. The number of carboxylic acids is 2. The summed E-state index contributed by atoms with van der Waals surface area (Å²) in [5.74, 6) is -4.95. The SMILES string of the molecule is Cc1cccc(CN2CCC(Cc3ccc(F)cc3)CC2)n1.O=C(O)C(F)(F)F.O=C(O)C(F)(F)F. The molecule has 0 bridgehead atoms. The minimum Gasteiger partial charge on any atom is -0.475 e. The Morgan fingerprint density at radius 2 is 1.39 bits per heavy atom.